The zero-order chi connectivity index (χ0) is 21.0. The maximum Gasteiger partial charge on any atom is 0.159 e. The highest BCUT2D eigenvalue weighted by atomic mass is 16.5. The van der Waals surface area contributed by atoms with Gasteiger partial charge in [0.15, 0.2) is 5.82 Å². The minimum Gasteiger partial charge on any atom is -0.493 e. The first-order chi connectivity index (χ1) is 14.8. The minimum atomic E-state index is 0.718. The Kier molecular flexibility index (Phi) is 9.66. The van der Waals surface area contributed by atoms with Crippen molar-refractivity contribution < 1.29 is 4.74 Å². The predicted molar refractivity (Wildman–Crippen MR) is 126 cm³/mol. The number of nitrogens with zero attached hydrogens (tertiary/aromatic N) is 2. The Balaban J connectivity index is 1.41. The average Bonchev–Trinajstić information content (AvgIpc) is 2.80. The molecule has 3 heteroatoms. The second-order valence-electron chi connectivity index (χ2n) is 9.09. The van der Waals surface area contributed by atoms with Gasteiger partial charge >= 0.3 is 0 Å². The summed E-state index contributed by atoms with van der Waals surface area (Å²) in [4.78, 5) is 9.12. The van der Waals surface area contributed by atoms with Gasteiger partial charge < -0.3 is 4.74 Å². The van der Waals surface area contributed by atoms with Crippen LogP contribution in [0.15, 0.2) is 36.7 Å². The van der Waals surface area contributed by atoms with Gasteiger partial charge in [0.1, 0.15) is 5.75 Å². The van der Waals surface area contributed by atoms with E-state index in [4.69, 9.17) is 4.74 Å². The summed E-state index contributed by atoms with van der Waals surface area (Å²) in [5.41, 5.74) is 2.28. The number of hydrogen-bond donors (Lipinski definition) is 0. The molecule has 1 heterocycles. The van der Waals surface area contributed by atoms with Crippen LogP contribution in [0.5, 0.6) is 5.75 Å². The third-order valence-electron chi connectivity index (χ3n) is 6.55. The molecule has 0 N–H and O–H groups in total. The van der Waals surface area contributed by atoms with Gasteiger partial charge in [-0.05, 0) is 67.3 Å². The lowest BCUT2D eigenvalue weighted by Gasteiger charge is -2.28. The van der Waals surface area contributed by atoms with E-state index in [1.165, 1.54) is 76.2 Å². The van der Waals surface area contributed by atoms with E-state index in [2.05, 4.69) is 48.1 Å². The van der Waals surface area contributed by atoms with Gasteiger partial charge in [-0.1, -0.05) is 65.2 Å². The fourth-order valence-electron chi connectivity index (χ4n) is 4.50. The van der Waals surface area contributed by atoms with Crippen LogP contribution in [0.4, 0.5) is 0 Å². The van der Waals surface area contributed by atoms with E-state index in [0.717, 1.165) is 42.0 Å². The molecule has 1 fully saturated rings. The molecule has 0 radical (unpaired) electrons. The maximum absolute atomic E-state index is 6.10. The normalized spacial score (nSPS) is 19.0. The Hall–Kier alpha value is -1.90. The number of benzene rings is 1. The van der Waals surface area contributed by atoms with Gasteiger partial charge in [0.2, 0.25) is 0 Å². The molecular formula is C27H40N2O. The highest BCUT2D eigenvalue weighted by Gasteiger charge is 2.21. The van der Waals surface area contributed by atoms with Gasteiger partial charge in [0.05, 0.1) is 6.61 Å². The molecule has 1 aromatic heterocycles. The molecule has 0 bridgehead atoms. The van der Waals surface area contributed by atoms with Gasteiger partial charge in [0, 0.05) is 18.0 Å². The van der Waals surface area contributed by atoms with Crippen molar-refractivity contribution >= 4 is 0 Å². The fourth-order valence-corrected chi connectivity index (χ4v) is 4.50. The van der Waals surface area contributed by atoms with Gasteiger partial charge in [-0.15, -0.1) is 0 Å². The monoisotopic (exact) mass is 408 g/mol. The lowest BCUT2D eigenvalue weighted by Crippen LogP contribution is -2.20. The van der Waals surface area contributed by atoms with Crippen LogP contribution in [-0.2, 0) is 6.42 Å². The Bertz CT molecular complexity index is 703. The summed E-state index contributed by atoms with van der Waals surface area (Å²) in [6.45, 7) is 5.37. The van der Waals surface area contributed by atoms with Crippen LogP contribution >= 0.6 is 0 Å². The lowest BCUT2D eigenvalue weighted by atomic mass is 9.80. The number of unbranched alkanes of at least 4 members (excludes halogenated alkanes) is 4. The van der Waals surface area contributed by atoms with Crippen LogP contribution in [0, 0.1) is 11.8 Å². The van der Waals surface area contributed by atoms with Crippen molar-refractivity contribution in [3.63, 3.8) is 0 Å². The Labute approximate surface area is 183 Å². The van der Waals surface area contributed by atoms with Crippen LogP contribution < -0.4 is 4.74 Å². The van der Waals surface area contributed by atoms with Crippen LogP contribution in [0.25, 0.3) is 11.4 Å². The van der Waals surface area contributed by atoms with E-state index in [-0.39, 0.29) is 0 Å². The number of rotatable bonds is 12. The number of aryl methyl sites for hydroxylation is 1. The zero-order valence-electron chi connectivity index (χ0n) is 19.1. The first-order valence-corrected chi connectivity index (χ1v) is 12.3. The summed E-state index contributed by atoms with van der Waals surface area (Å²) >= 11 is 0. The topological polar surface area (TPSA) is 35.0 Å². The van der Waals surface area contributed by atoms with Crippen LogP contribution in [0.3, 0.4) is 0 Å². The minimum absolute atomic E-state index is 0.718. The second kappa shape index (κ2) is 12.7. The molecule has 0 saturated heterocycles. The number of ether oxygens (including phenoxy) is 1. The molecule has 164 valence electrons. The maximum atomic E-state index is 6.10. The molecule has 1 saturated carbocycles. The average molecular weight is 409 g/mol. The quantitative estimate of drug-likeness (QED) is 0.338. The van der Waals surface area contributed by atoms with Crippen molar-refractivity contribution in [2.75, 3.05) is 6.61 Å². The van der Waals surface area contributed by atoms with Crippen molar-refractivity contribution in [1.82, 2.24) is 9.97 Å². The fraction of sp³-hybridized carbons (Fsp3) is 0.630. The lowest BCUT2D eigenvalue weighted by molar-refractivity contribution is 0.177. The molecule has 1 aromatic carbocycles. The molecule has 0 amide bonds. The highest BCUT2D eigenvalue weighted by molar-refractivity contribution is 5.55. The van der Waals surface area contributed by atoms with Crippen molar-refractivity contribution in [3.8, 4) is 17.1 Å². The van der Waals surface area contributed by atoms with Crippen molar-refractivity contribution in [2.24, 2.45) is 11.8 Å². The van der Waals surface area contributed by atoms with Gasteiger partial charge in [-0.2, -0.15) is 0 Å². The van der Waals surface area contributed by atoms with Crippen molar-refractivity contribution in [2.45, 2.75) is 90.9 Å². The molecule has 0 spiro atoms. The molecule has 1 aliphatic carbocycles. The summed E-state index contributed by atoms with van der Waals surface area (Å²) in [6.07, 6.45) is 19.8. The molecule has 30 heavy (non-hydrogen) atoms. The molecular weight excluding hydrogens is 368 g/mol. The summed E-state index contributed by atoms with van der Waals surface area (Å²) in [6, 6.07) is 8.27. The van der Waals surface area contributed by atoms with Crippen molar-refractivity contribution in [3.05, 3.63) is 42.2 Å². The van der Waals surface area contributed by atoms with E-state index in [1.807, 2.05) is 12.4 Å². The van der Waals surface area contributed by atoms with E-state index in [0.29, 0.717) is 0 Å². The van der Waals surface area contributed by atoms with E-state index in [9.17, 15) is 0 Å². The third kappa shape index (κ3) is 7.41. The zero-order valence-corrected chi connectivity index (χ0v) is 19.1. The summed E-state index contributed by atoms with van der Waals surface area (Å²) < 4.78 is 6.10. The SMILES string of the molecule is CCCCCc1cnc(-c2ccc(OCC3CCC(CCCCC)CC3)cc2)nc1. The standard InChI is InChI=1S/C27H40N2O/c1-3-5-7-9-22-11-13-23(14-12-22)21-30-26-17-15-25(16-18-26)27-28-19-24(20-29-27)10-8-6-4-2/h15-20,22-23H,3-14,21H2,1-2H3. The molecule has 2 aromatic rings. The summed E-state index contributed by atoms with van der Waals surface area (Å²) in [7, 11) is 0. The molecule has 3 nitrogen and oxygen atoms in total. The molecule has 0 unspecified atom stereocenters. The third-order valence-corrected chi connectivity index (χ3v) is 6.55. The second-order valence-corrected chi connectivity index (χ2v) is 9.09. The van der Waals surface area contributed by atoms with Crippen molar-refractivity contribution in [1.29, 1.82) is 0 Å². The largest absolute Gasteiger partial charge is 0.493 e. The van der Waals surface area contributed by atoms with Crippen LogP contribution in [-0.4, -0.2) is 16.6 Å². The Morgan fingerprint density at radius 2 is 1.43 bits per heavy atom. The number of aromatic nitrogens is 2. The highest BCUT2D eigenvalue weighted by Crippen LogP contribution is 2.32. The van der Waals surface area contributed by atoms with E-state index in [1.54, 1.807) is 0 Å². The van der Waals surface area contributed by atoms with Crippen LogP contribution in [0.1, 0.15) is 90.0 Å². The molecule has 0 atom stereocenters. The smallest absolute Gasteiger partial charge is 0.159 e. The molecule has 0 aliphatic heterocycles. The Morgan fingerprint density at radius 3 is 2.10 bits per heavy atom. The first kappa shape index (κ1) is 22.8. The summed E-state index contributed by atoms with van der Waals surface area (Å²) in [5, 5.41) is 0. The van der Waals surface area contributed by atoms with Crippen LogP contribution in [0.2, 0.25) is 0 Å². The number of hydrogen-bond acceptors (Lipinski definition) is 3. The van der Waals surface area contributed by atoms with Gasteiger partial charge in [-0.25, -0.2) is 9.97 Å². The molecule has 1 aliphatic rings. The summed E-state index contributed by atoms with van der Waals surface area (Å²) in [5.74, 6) is 3.43. The van der Waals surface area contributed by atoms with E-state index >= 15 is 0 Å². The molecule has 3 rings (SSSR count). The first-order valence-electron chi connectivity index (χ1n) is 12.3. The van der Waals surface area contributed by atoms with Gasteiger partial charge in [-0.3, -0.25) is 0 Å². The van der Waals surface area contributed by atoms with Gasteiger partial charge in [0.25, 0.3) is 0 Å². The Morgan fingerprint density at radius 1 is 0.800 bits per heavy atom. The van der Waals surface area contributed by atoms with E-state index < -0.39 is 0 Å². The predicted octanol–water partition coefficient (Wildman–Crippen LogP) is 7.64.